The minimum Gasteiger partial charge on any atom is -0.507 e. The number of Topliss-reactive ketones (excluding diaryl/α,β-unsaturated/α-hetero) is 1. The van der Waals surface area contributed by atoms with Gasteiger partial charge in [-0.15, -0.1) is 0 Å². The van der Waals surface area contributed by atoms with E-state index in [1.807, 2.05) is 31.2 Å². The Labute approximate surface area is 199 Å². The molecule has 178 valence electrons. The zero-order chi connectivity index (χ0) is 24.4. The molecular weight excluding hydrogens is 432 g/mol. The molecule has 0 saturated carbocycles. The van der Waals surface area contributed by atoms with Gasteiger partial charge in [-0.25, -0.2) is 0 Å². The Morgan fingerprint density at radius 3 is 2.50 bits per heavy atom. The Morgan fingerprint density at radius 1 is 1.12 bits per heavy atom. The number of aliphatic hydroxyl groups is 1. The van der Waals surface area contributed by atoms with Gasteiger partial charge in [0.1, 0.15) is 11.5 Å². The van der Waals surface area contributed by atoms with Gasteiger partial charge in [0.15, 0.2) is 0 Å². The van der Waals surface area contributed by atoms with Gasteiger partial charge in [0.2, 0.25) is 0 Å². The van der Waals surface area contributed by atoms with Gasteiger partial charge >= 0.3 is 0 Å². The SMILES string of the molecule is COCCN1C(=O)C(=O)/C(=C(/O)c2ccc(OCC(C)C)cc2)C1c1c(C)[nH]c2ccccc12. The van der Waals surface area contributed by atoms with Gasteiger partial charge in [-0.05, 0) is 43.2 Å². The monoisotopic (exact) mass is 462 g/mol. The van der Waals surface area contributed by atoms with Crippen LogP contribution in [0.5, 0.6) is 5.75 Å². The quantitative estimate of drug-likeness (QED) is 0.290. The number of aliphatic hydroxyl groups excluding tert-OH is 1. The molecule has 1 aliphatic rings. The molecule has 1 aromatic heterocycles. The van der Waals surface area contributed by atoms with Crippen LogP contribution in [-0.4, -0.2) is 53.5 Å². The predicted molar refractivity (Wildman–Crippen MR) is 131 cm³/mol. The Kier molecular flexibility index (Phi) is 6.75. The Hall–Kier alpha value is -3.58. The first kappa shape index (κ1) is 23.6. The van der Waals surface area contributed by atoms with Crippen LogP contribution in [-0.2, 0) is 14.3 Å². The van der Waals surface area contributed by atoms with E-state index in [-0.39, 0.29) is 24.5 Å². The molecule has 1 atom stereocenters. The Bertz CT molecular complexity index is 1240. The third-order valence-electron chi connectivity index (χ3n) is 6.00. The summed E-state index contributed by atoms with van der Waals surface area (Å²) in [5.41, 5.74) is 3.05. The fourth-order valence-electron chi connectivity index (χ4n) is 4.38. The van der Waals surface area contributed by atoms with Crippen LogP contribution in [0.2, 0.25) is 0 Å². The molecule has 7 nitrogen and oxygen atoms in total. The number of ether oxygens (including phenoxy) is 2. The van der Waals surface area contributed by atoms with Crippen molar-refractivity contribution in [3.8, 4) is 5.75 Å². The van der Waals surface area contributed by atoms with E-state index in [1.54, 1.807) is 31.4 Å². The van der Waals surface area contributed by atoms with Crippen molar-refractivity contribution in [3.63, 3.8) is 0 Å². The summed E-state index contributed by atoms with van der Waals surface area (Å²) < 4.78 is 10.9. The number of H-pyrrole nitrogens is 1. The molecule has 0 radical (unpaired) electrons. The van der Waals surface area contributed by atoms with Crippen molar-refractivity contribution in [1.29, 1.82) is 0 Å². The first-order valence-corrected chi connectivity index (χ1v) is 11.4. The number of ketones is 1. The second-order valence-corrected chi connectivity index (χ2v) is 8.92. The molecule has 1 amide bonds. The van der Waals surface area contributed by atoms with Gasteiger partial charge in [0, 0.05) is 41.4 Å². The van der Waals surface area contributed by atoms with Crippen molar-refractivity contribution in [2.24, 2.45) is 5.92 Å². The highest BCUT2D eigenvalue weighted by Gasteiger charge is 2.47. The van der Waals surface area contributed by atoms with E-state index >= 15 is 0 Å². The lowest BCUT2D eigenvalue weighted by Crippen LogP contribution is -2.32. The molecule has 2 aromatic carbocycles. The number of hydrogen-bond acceptors (Lipinski definition) is 5. The van der Waals surface area contributed by atoms with Crippen LogP contribution in [0.4, 0.5) is 0 Å². The summed E-state index contributed by atoms with van der Waals surface area (Å²) >= 11 is 0. The number of carbonyl (C=O) groups excluding carboxylic acids is 2. The maximum absolute atomic E-state index is 13.2. The van der Waals surface area contributed by atoms with Crippen LogP contribution < -0.4 is 4.74 Å². The summed E-state index contributed by atoms with van der Waals surface area (Å²) in [5.74, 6) is -0.498. The van der Waals surface area contributed by atoms with Crippen LogP contribution in [0, 0.1) is 12.8 Å². The third kappa shape index (κ3) is 4.31. The van der Waals surface area contributed by atoms with Gasteiger partial charge < -0.3 is 24.5 Å². The van der Waals surface area contributed by atoms with Crippen molar-refractivity contribution in [2.45, 2.75) is 26.8 Å². The number of aromatic nitrogens is 1. The number of methoxy groups -OCH3 is 1. The second kappa shape index (κ2) is 9.73. The standard InChI is InChI=1S/C27H30N2O5/c1-16(2)15-34-19-11-9-18(10-12-19)25(30)23-24(29(13-14-33-4)27(32)26(23)31)22-17(3)28-21-8-6-5-7-20(21)22/h5-12,16,24,28,30H,13-15H2,1-4H3/b25-23+. The molecule has 1 fully saturated rings. The summed E-state index contributed by atoms with van der Waals surface area (Å²) in [6.07, 6.45) is 0. The molecule has 4 rings (SSSR count). The van der Waals surface area contributed by atoms with Crippen LogP contribution in [0.25, 0.3) is 16.7 Å². The van der Waals surface area contributed by atoms with Crippen molar-refractivity contribution in [1.82, 2.24) is 9.88 Å². The summed E-state index contributed by atoms with van der Waals surface area (Å²) in [5, 5.41) is 12.2. The number of nitrogens with one attached hydrogen (secondary N) is 1. The Balaban J connectivity index is 1.83. The average Bonchev–Trinajstić information content (AvgIpc) is 3.28. The van der Waals surface area contributed by atoms with E-state index in [2.05, 4.69) is 18.8 Å². The normalized spacial score (nSPS) is 17.8. The highest BCUT2D eigenvalue weighted by molar-refractivity contribution is 6.46. The molecule has 1 saturated heterocycles. The molecule has 0 spiro atoms. The predicted octanol–water partition coefficient (Wildman–Crippen LogP) is 4.58. The van der Waals surface area contributed by atoms with Crippen LogP contribution in [0.1, 0.15) is 36.7 Å². The number of carbonyl (C=O) groups is 2. The minimum absolute atomic E-state index is 0.0739. The number of benzene rings is 2. The fraction of sp³-hybridized carbons (Fsp3) is 0.333. The van der Waals surface area contributed by atoms with Gasteiger partial charge in [-0.3, -0.25) is 9.59 Å². The average molecular weight is 463 g/mol. The lowest BCUT2D eigenvalue weighted by Gasteiger charge is -2.25. The minimum atomic E-state index is -0.733. The van der Waals surface area contributed by atoms with E-state index in [0.29, 0.717) is 23.8 Å². The third-order valence-corrected chi connectivity index (χ3v) is 6.00. The van der Waals surface area contributed by atoms with Gasteiger partial charge in [0.05, 0.1) is 24.8 Å². The lowest BCUT2D eigenvalue weighted by molar-refractivity contribution is -0.140. The largest absolute Gasteiger partial charge is 0.507 e. The number of aryl methyl sites for hydroxylation is 1. The highest BCUT2D eigenvalue weighted by atomic mass is 16.5. The smallest absolute Gasteiger partial charge is 0.295 e. The number of hydrogen-bond donors (Lipinski definition) is 2. The summed E-state index contributed by atoms with van der Waals surface area (Å²) in [6.45, 7) is 7.11. The molecule has 1 aliphatic heterocycles. The maximum Gasteiger partial charge on any atom is 0.295 e. The number of likely N-dealkylation sites (tertiary alicyclic amines) is 1. The number of amides is 1. The zero-order valence-electron chi connectivity index (χ0n) is 19.9. The molecule has 0 bridgehead atoms. The molecule has 2 N–H and O–H groups in total. The van der Waals surface area contributed by atoms with Gasteiger partial charge in [0.25, 0.3) is 11.7 Å². The molecular formula is C27H30N2O5. The number of rotatable bonds is 8. The fourth-order valence-corrected chi connectivity index (χ4v) is 4.38. The summed E-state index contributed by atoms with van der Waals surface area (Å²) in [7, 11) is 1.55. The lowest BCUT2D eigenvalue weighted by atomic mass is 9.93. The van der Waals surface area contributed by atoms with E-state index in [9.17, 15) is 14.7 Å². The van der Waals surface area contributed by atoms with E-state index in [0.717, 1.165) is 22.2 Å². The topological polar surface area (TPSA) is 91.9 Å². The van der Waals surface area contributed by atoms with Crippen LogP contribution in [0.3, 0.4) is 0 Å². The van der Waals surface area contributed by atoms with Crippen LogP contribution in [0.15, 0.2) is 54.1 Å². The molecule has 7 heteroatoms. The van der Waals surface area contributed by atoms with Crippen molar-refractivity contribution in [3.05, 3.63) is 70.9 Å². The number of para-hydroxylation sites is 1. The number of aromatic amines is 1. The van der Waals surface area contributed by atoms with Crippen molar-refractivity contribution in [2.75, 3.05) is 26.9 Å². The number of fused-ring (bicyclic) bond motifs is 1. The maximum atomic E-state index is 13.2. The summed E-state index contributed by atoms with van der Waals surface area (Å²) in [6, 6.07) is 13.9. The Morgan fingerprint density at radius 2 is 1.82 bits per heavy atom. The second-order valence-electron chi connectivity index (χ2n) is 8.92. The highest BCUT2D eigenvalue weighted by Crippen LogP contribution is 2.43. The van der Waals surface area contributed by atoms with Gasteiger partial charge in [-0.2, -0.15) is 0 Å². The van der Waals surface area contributed by atoms with E-state index < -0.39 is 17.7 Å². The van der Waals surface area contributed by atoms with Crippen molar-refractivity contribution >= 4 is 28.4 Å². The van der Waals surface area contributed by atoms with Crippen LogP contribution >= 0.6 is 0 Å². The first-order chi connectivity index (χ1) is 16.3. The molecule has 34 heavy (non-hydrogen) atoms. The molecule has 3 aromatic rings. The molecule has 0 aliphatic carbocycles. The van der Waals surface area contributed by atoms with E-state index in [1.165, 1.54) is 4.90 Å². The summed E-state index contributed by atoms with van der Waals surface area (Å²) in [4.78, 5) is 31.1. The molecule has 1 unspecified atom stereocenters. The first-order valence-electron chi connectivity index (χ1n) is 11.4. The van der Waals surface area contributed by atoms with E-state index in [4.69, 9.17) is 9.47 Å². The van der Waals surface area contributed by atoms with Gasteiger partial charge in [-0.1, -0.05) is 32.0 Å². The molecule has 2 heterocycles. The van der Waals surface area contributed by atoms with Crippen molar-refractivity contribution < 1.29 is 24.2 Å². The zero-order valence-corrected chi connectivity index (χ0v) is 19.9. The number of nitrogens with zero attached hydrogens (tertiary/aromatic N) is 1.